The van der Waals surface area contributed by atoms with Crippen molar-refractivity contribution in [2.24, 2.45) is 0 Å². The molecule has 0 saturated carbocycles. The lowest BCUT2D eigenvalue weighted by atomic mass is 10.2. The lowest BCUT2D eigenvalue weighted by molar-refractivity contribution is -0.139. The second kappa shape index (κ2) is 32.2. The summed E-state index contributed by atoms with van der Waals surface area (Å²) in [6.45, 7) is 9.62. The van der Waals surface area contributed by atoms with Crippen molar-refractivity contribution in [3.63, 3.8) is 0 Å². The third-order valence-electron chi connectivity index (χ3n) is 2.24. The van der Waals surface area contributed by atoms with Gasteiger partial charge in [0.25, 0.3) is 0 Å². The molecule has 0 bridgehead atoms. The molecule has 0 rings (SSSR count). The van der Waals surface area contributed by atoms with Crippen LogP contribution in [0.25, 0.3) is 0 Å². The normalized spacial score (nSPS) is 7.74. The van der Waals surface area contributed by atoms with Gasteiger partial charge in [0.15, 0.2) is 0 Å². The van der Waals surface area contributed by atoms with Crippen molar-refractivity contribution in [2.75, 3.05) is 39.6 Å². The first-order chi connectivity index (χ1) is 12.0. The van der Waals surface area contributed by atoms with E-state index in [1.807, 2.05) is 0 Å². The highest BCUT2D eigenvalue weighted by Crippen LogP contribution is 1.95. The molecular weight excluding hydrogens is 407 g/mol. The van der Waals surface area contributed by atoms with E-state index in [0.29, 0.717) is 0 Å². The Morgan fingerprint density at radius 2 is 0.742 bits per heavy atom. The molecule has 186 valence electrons. The Bertz CT molecular complexity index is 401. The highest BCUT2D eigenvalue weighted by molar-refractivity contribution is 6.36. The Hall–Kier alpha value is -2.43. The van der Waals surface area contributed by atoms with Gasteiger partial charge in [-0.3, -0.25) is 0 Å². The molecule has 0 heterocycles. The fourth-order valence-corrected chi connectivity index (χ4v) is 1.18. The predicted molar refractivity (Wildman–Crippen MR) is 127 cm³/mol. The highest BCUT2D eigenvalue weighted by Gasteiger charge is 2.21. The molecule has 0 saturated heterocycles. The van der Waals surface area contributed by atoms with Gasteiger partial charge in [-0.1, -0.05) is 64.3 Å². The van der Waals surface area contributed by atoms with E-state index >= 15 is 0 Å². The Morgan fingerprint density at radius 3 is 0.935 bits per heavy atom. The zero-order valence-corrected chi connectivity index (χ0v) is 13.8. The monoisotopic (exact) mass is 452 g/mol. The summed E-state index contributed by atoms with van der Waals surface area (Å²) in [5.74, 6) is -1.76. The number of carbonyl (C=O) groups excluding carboxylic acids is 3. The highest BCUT2D eigenvalue weighted by atomic mass is 16.7. The van der Waals surface area contributed by atoms with Crippen molar-refractivity contribution in [3.8, 4) is 0 Å². The average molecular weight is 452 g/mol. The number of rotatable bonds is 15. The van der Waals surface area contributed by atoms with Crippen molar-refractivity contribution in [2.45, 2.75) is 44.6 Å². The molecule has 0 aliphatic carbocycles. The summed E-state index contributed by atoms with van der Waals surface area (Å²) in [6.07, 6.45) is 3.06. The van der Waals surface area contributed by atoms with Gasteiger partial charge in [-0.2, -0.15) is 0 Å². The van der Waals surface area contributed by atoms with Crippen LogP contribution >= 0.6 is 0 Å². The van der Waals surface area contributed by atoms with Gasteiger partial charge in [-0.05, 0) is 0 Å². The van der Waals surface area contributed by atoms with Crippen LogP contribution in [-0.2, 0) is 42.6 Å². The fourth-order valence-electron chi connectivity index (χ4n) is 1.18. The van der Waals surface area contributed by atoms with Gasteiger partial charge in [0.05, 0.1) is 19.8 Å². The number of hydrogen-bond acceptors (Lipinski definition) is 9. The number of esters is 3. The average Bonchev–Trinajstić information content (AvgIpc) is 2.63. The Kier molecular flexibility index (Phi) is 48.6. The van der Waals surface area contributed by atoms with Crippen LogP contribution in [-0.4, -0.2) is 64.9 Å². The van der Waals surface area contributed by atoms with E-state index in [-0.39, 0.29) is 84.2 Å². The summed E-state index contributed by atoms with van der Waals surface area (Å²) >= 11 is 0. The summed E-state index contributed by atoms with van der Waals surface area (Å²) in [7, 11) is -1.13. The predicted octanol–water partition coefficient (Wildman–Crippen LogP) is 4.03. The molecule has 0 spiro atoms. The minimum atomic E-state index is -1.13. The van der Waals surface area contributed by atoms with E-state index in [2.05, 4.69) is 19.7 Å². The van der Waals surface area contributed by atoms with Crippen LogP contribution in [0.3, 0.4) is 0 Å². The van der Waals surface area contributed by atoms with Crippen LogP contribution in [0.1, 0.15) is 44.6 Å². The topological polar surface area (TPSA) is 107 Å². The second-order valence-corrected chi connectivity index (χ2v) is 4.02. The summed E-state index contributed by atoms with van der Waals surface area (Å²) in [6, 6.07) is 0. The molecule has 9 nitrogen and oxygen atoms in total. The van der Waals surface area contributed by atoms with Gasteiger partial charge < -0.3 is 28.2 Å². The Labute approximate surface area is 190 Å². The number of carbonyl (C=O) groups is 3. The van der Waals surface area contributed by atoms with Gasteiger partial charge in [-0.15, -0.1) is 0 Å². The minimum absolute atomic E-state index is 0. The lowest BCUT2D eigenvalue weighted by Crippen LogP contribution is -2.32. The molecule has 0 aromatic carbocycles. The van der Waals surface area contributed by atoms with E-state index in [0.717, 1.165) is 18.2 Å². The standard InChI is InChI=1S/C15H21BO9.6CH4/c1-4-13(17)20-7-10-23-16(24-11-8-21-14(18)5-2)25-12-9-22-15(19)6-3;;;;;;/h4-6H,1-3,7-12H2;6*1H4. The summed E-state index contributed by atoms with van der Waals surface area (Å²) in [5, 5.41) is 0. The summed E-state index contributed by atoms with van der Waals surface area (Å²) in [5.41, 5.74) is 0. The molecule has 0 amide bonds. The molecule has 0 fully saturated rings. The van der Waals surface area contributed by atoms with Crippen LogP contribution in [0.2, 0.25) is 0 Å². The number of ether oxygens (including phenoxy) is 3. The zero-order chi connectivity index (χ0) is 18.9. The van der Waals surface area contributed by atoms with Crippen LogP contribution in [0.5, 0.6) is 0 Å². The van der Waals surface area contributed by atoms with Crippen LogP contribution < -0.4 is 0 Å². The van der Waals surface area contributed by atoms with Crippen molar-refractivity contribution >= 4 is 25.2 Å². The van der Waals surface area contributed by atoms with E-state index in [4.69, 9.17) is 28.2 Å². The van der Waals surface area contributed by atoms with Crippen LogP contribution in [0, 0.1) is 0 Å². The Morgan fingerprint density at radius 1 is 0.516 bits per heavy atom. The number of hydrogen-bond donors (Lipinski definition) is 0. The molecule has 0 radical (unpaired) electrons. The molecule has 0 unspecified atom stereocenters. The first kappa shape index (κ1) is 46.7. The maximum atomic E-state index is 10.9. The quantitative estimate of drug-likeness (QED) is 0.120. The van der Waals surface area contributed by atoms with Crippen LogP contribution in [0.15, 0.2) is 38.0 Å². The molecule has 0 aliphatic rings. The van der Waals surface area contributed by atoms with Crippen molar-refractivity contribution in [1.82, 2.24) is 0 Å². The second-order valence-electron chi connectivity index (χ2n) is 4.02. The van der Waals surface area contributed by atoms with E-state index in [1.165, 1.54) is 0 Å². The molecule has 0 N–H and O–H groups in total. The van der Waals surface area contributed by atoms with Crippen LogP contribution in [0.4, 0.5) is 0 Å². The van der Waals surface area contributed by atoms with Gasteiger partial charge >= 0.3 is 25.2 Å². The van der Waals surface area contributed by atoms with Gasteiger partial charge in [0, 0.05) is 18.2 Å². The maximum absolute atomic E-state index is 10.9. The molecule has 10 heteroatoms. The molecule has 0 aromatic heterocycles. The van der Waals surface area contributed by atoms with Gasteiger partial charge in [0.1, 0.15) is 19.8 Å². The van der Waals surface area contributed by atoms with Crippen molar-refractivity contribution < 1.29 is 42.6 Å². The van der Waals surface area contributed by atoms with E-state index < -0.39 is 25.2 Å². The van der Waals surface area contributed by atoms with E-state index in [9.17, 15) is 14.4 Å². The first-order valence-corrected chi connectivity index (χ1v) is 7.25. The van der Waals surface area contributed by atoms with E-state index in [1.54, 1.807) is 0 Å². The minimum Gasteiger partial charge on any atom is -0.460 e. The molecule has 0 atom stereocenters. The zero-order valence-electron chi connectivity index (χ0n) is 13.8. The largest absolute Gasteiger partial charge is 0.639 e. The van der Waals surface area contributed by atoms with Gasteiger partial charge in [-0.25, -0.2) is 14.4 Å². The fraction of sp³-hybridized carbons (Fsp3) is 0.571. The molecule has 31 heavy (non-hydrogen) atoms. The SMILES string of the molecule is C.C.C.C.C.C.C=CC(=O)OCCOB(OCCOC(=O)C=C)OCCOC(=O)C=C. The lowest BCUT2D eigenvalue weighted by Gasteiger charge is -2.14. The maximum Gasteiger partial charge on any atom is 0.639 e. The molecule has 0 aliphatic heterocycles. The molecular formula is C21H45BO9. The smallest absolute Gasteiger partial charge is 0.460 e. The first-order valence-electron chi connectivity index (χ1n) is 7.25. The third-order valence-corrected chi connectivity index (χ3v) is 2.24. The van der Waals surface area contributed by atoms with Crippen molar-refractivity contribution in [3.05, 3.63) is 38.0 Å². The third kappa shape index (κ3) is 29.9. The molecule has 0 aromatic rings. The summed E-state index contributed by atoms with van der Waals surface area (Å²) in [4.78, 5) is 32.7. The Balaban J connectivity index is -0.000000192. The van der Waals surface area contributed by atoms with Gasteiger partial charge in [0.2, 0.25) is 0 Å². The van der Waals surface area contributed by atoms with Crippen molar-refractivity contribution in [1.29, 1.82) is 0 Å². The summed E-state index contributed by atoms with van der Waals surface area (Å²) < 4.78 is 29.9.